The van der Waals surface area contributed by atoms with Crippen LogP contribution >= 0.6 is 22.9 Å². The molecule has 0 amide bonds. The first-order valence-corrected chi connectivity index (χ1v) is 10.6. The van der Waals surface area contributed by atoms with E-state index >= 15 is 0 Å². The van der Waals surface area contributed by atoms with Crippen molar-refractivity contribution in [1.29, 1.82) is 0 Å². The normalized spacial score (nSPS) is 14.7. The summed E-state index contributed by atoms with van der Waals surface area (Å²) in [5.74, 6) is 1.67. The summed E-state index contributed by atoms with van der Waals surface area (Å²) >= 11 is 7.62. The zero-order valence-electron chi connectivity index (χ0n) is 15.9. The monoisotopic (exact) mass is 426 g/mol. The fourth-order valence-corrected chi connectivity index (χ4v) is 4.53. The smallest absolute Gasteiger partial charge is 0.254 e. The number of aryl methyl sites for hydroxylation is 1. The van der Waals surface area contributed by atoms with Gasteiger partial charge in [-0.25, -0.2) is 4.98 Å². The second-order valence-electron chi connectivity index (χ2n) is 6.98. The number of anilines is 2. The van der Waals surface area contributed by atoms with Crippen molar-refractivity contribution in [1.82, 2.24) is 29.8 Å². The maximum Gasteiger partial charge on any atom is 0.254 e. The Labute approximate surface area is 176 Å². The van der Waals surface area contributed by atoms with Crippen LogP contribution in [0.25, 0.3) is 5.78 Å². The van der Waals surface area contributed by atoms with Crippen molar-refractivity contribution >= 4 is 39.7 Å². The molecule has 4 heterocycles. The summed E-state index contributed by atoms with van der Waals surface area (Å²) in [7, 11) is 0. The van der Waals surface area contributed by atoms with E-state index in [1.807, 2.05) is 31.2 Å². The molecule has 1 saturated heterocycles. The van der Waals surface area contributed by atoms with Gasteiger partial charge in [0, 0.05) is 49.4 Å². The van der Waals surface area contributed by atoms with Gasteiger partial charge in [0.05, 0.1) is 0 Å². The first-order chi connectivity index (χ1) is 14.2. The molecule has 1 fully saturated rings. The predicted molar refractivity (Wildman–Crippen MR) is 114 cm³/mol. The lowest BCUT2D eigenvalue weighted by Gasteiger charge is -2.35. The fraction of sp³-hybridized carbons (Fsp3) is 0.316. The number of piperazine rings is 1. The van der Waals surface area contributed by atoms with E-state index < -0.39 is 0 Å². The molecular formula is C19H19ClN8S. The van der Waals surface area contributed by atoms with E-state index in [4.69, 9.17) is 11.6 Å². The van der Waals surface area contributed by atoms with Gasteiger partial charge in [-0.15, -0.1) is 10.2 Å². The maximum absolute atomic E-state index is 5.96. The molecule has 5 rings (SSSR count). The van der Waals surface area contributed by atoms with E-state index in [1.165, 1.54) is 5.56 Å². The number of hydrogen-bond donors (Lipinski definition) is 0. The van der Waals surface area contributed by atoms with E-state index in [0.29, 0.717) is 5.78 Å². The Bertz CT molecular complexity index is 1130. The van der Waals surface area contributed by atoms with Crippen LogP contribution < -0.4 is 9.80 Å². The Morgan fingerprint density at radius 2 is 1.79 bits per heavy atom. The highest BCUT2D eigenvalue weighted by molar-refractivity contribution is 7.15. The average Bonchev–Trinajstić information content (AvgIpc) is 3.39. The van der Waals surface area contributed by atoms with E-state index in [1.54, 1.807) is 22.2 Å². The summed E-state index contributed by atoms with van der Waals surface area (Å²) in [6, 6.07) is 9.94. The molecule has 0 aliphatic carbocycles. The summed E-state index contributed by atoms with van der Waals surface area (Å²) in [5, 5.41) is 15.9. The van der Waals surface area contributed by atoms with Crippen molar-refractivity contribution in [3.05, 3.63) is 57.9 Å². The molecule has 0 N–H and O–H groups in total. The summed E-state index contributed by atoms with van der Waals surface area (Å²) in [6.07, 6.45) is 2.32. The van der Waals surface area contributed by atoms with Crippen LogP contribution in [-0.2, 0) is 6.42 Å². The second kappa shape index (κ2) is 7.57. The van der Waals surface area contributed by atoms with Gasteiger partial charge in [-0.1, -0.05) is 35.1 Å². The van der Waals surface area contributed by atoms with Crippen LogP contribution in [0.5, 0.6) is 0 Å². The number of halogens is 1. The highest BCUT2D eigenvalue weighted by Gasteiger charge is 2.22. The van der Waals surface area contributed by atoms with Gasteiger partial charge in [-0.05, 0) is 24.6 Å². The van der Waals surface area contributed by atoms with Crippen LogP contribution in [0.1, 0.15) is 16.3 Å². The summed E-state index contributed by atoms with van der Waals surface area (Å²) in [4.78, 5) is 13.3. The molecule has 0 atom stereocenters. The van der Waals surface area contributed by atoms with Gasteiger partial charge >= 0.3 is 0 Å². The van der Waals surface area contributed by atoms with Crippen molar-refractivity contribution in [2.24, 2.45) is 0 Å². The minimum atomic E-state index is 0.637. The number of benzene rings is 1. The van der Waals surface area contributed by atoms with Crippen LogP contribution in [0.3, 0.4) is 0 Å². The molecule has 1 aromatic carbocycles. The van der Waals surface area contributed by atoms with E-state index in [-0.39, 0.29) is 0 Å². The van der Waals surface area contributed by atoms with Crippen molar-refractivity contribution in [3.8, 4) is 0 Å². The van der Waals surface area contributed by atoms with Gasteiger partial charge in [0.1, 0.15) is 17.2 Å². The van der Waals surface area contributed by atoms with Crippen molar-refractivity contribution in [3.63, 3.8) is 0 Å². The lowest BCUT2D eigenvalue weighted by Crippen LogP contribution is -2.47. The van der Waals surface area contributed by atoms with Gasteiger partial charge in [0.2, 0.25) is 5.13 Å². The maximum atomic E-state index is 5.96. The number of hydrogen-bond acceptors (Lipinski definition) is 8. The lowest BCUT2D eigenvalue weighted by atomic mass is 10.2. The van der Waals surface area contributed by atoms with E-state index in [9.17, 15) is 0 Å². The molecule has 0 saturated carbocycles. The van der Waals surface area contributed by atoms with E-state index in [2.05, 4.69) is 41.1 Å². The molecular weight excluding hydrogens is 408 g/mol. The Morgan fingerprint density at radius 3 is 2.59 bits per heavy atom. The molecule has 0 bridgehead atoms. The molecule has 1 aliphatic rings. The van der Waals surface area contributed by atoms with Crippen molar-refractivity contribution in [2.75, 3.05) is 36.0 Å². The highest BCUT2D eigenvalue weighted by Crippen LogP contribution is 2.25. The fourth-order valence-electron chi connectivity index (χ4n) is 3.48. The van der Waals surface area contributed by atoms with Gasteiger partial charge in [-0.3, -0.25) is 0 Å². The standard InChI is InChI=1S/C19H19ClN8S/c1-13-10-17(28-18(23-13)21-12-22-28)26-6-8-27(9-7-26)19-25-24-16(29-19)11-14-2-4-15(20)5-3-14/h2-5,10,12H,6-9,11H2,1H3. The molecule has 148 valence electrons. The third-order valence-corrected chi connectivity index (χ3v) is 6.20. The quantitative estimate of drug-likeness (QED) is 0.496. The highest BCUT2D eigenvalue weighted by atomic mass is 35.5. The molecule has 1 aliphatic heterocycles. The third kappa shape index (κ3) is 3.75. The third-order valence-electron chi connectivity index (χ3n) is 4.96. The van der Waals surface area contributed by atoms with Crippen LogP contribution in [0.15, 0.2) is 36.7 Å². The molecule has 0 spiro atoms. The summed E-state index contributed by atoms with van der Waals surface area (Å²) < 4.78 is 1.80. The molecule has 0 unspecified atom stereocenters. The van der Waals surface area contributed by atoms with Crippen molar-refractivity contribution < 1.29 is 0 Å². The van der Waals surface area contributed by atoms with Crippen LogP contribution in [0.4, 0.5) is 10.9 Å². The molecule has 10 heteroatoms. The summed E-state index contributed by atoms with van der Waals surface area (Å²) in [5.41, 5.74) is 2.13. The predicted octanol–water partition coefficient (Wildman–Crippen LogP) is 2.86. The van der Waals surface area contributed by atoms with Gasteiger partial charge in [0.15, 0.2) is 0 Å². The minimum absolute atomic E-state index is 0.637. The second-order valence-corrected chi connectivity index (χ2v) is 8.46. The Morgan fingerprint density at radius 1 is 1.03 bits per heavy atom. The van der Waals surface area contributed by atoms with Gasteiger partial charge in [-0.2, -0.15) is 14.6 Å². The first-order valence-electron chi connectivity index (χ1n) is 9.40. The van der Waals surface area contributed by atoms with Crippen LogP contribution in [-0.4, -0.2) is 56.0 Å². The summed E-state index contributed by atoms with van der Waals surface area (Å²) in [6.45, 7) is 5.51. The molecule has 8 nitrogen and oxygen atoms in total. The minimum Gasteiger partial charge on any atom is -0.353 e. The number of aromatic nitrogens is 6. The molecule has 4 aromatic rings. The average molecular weight is 427 g/mol. The molecule has 3 aromatic heterocycles. The lowest BCUT2D eigenvalue weighted by molar-refractivity contribution is 0.635. The number of fused-ring (bicyclic) bond motifs is 1. The Hall–Kier alpha value is -2.78. The van der Waals surface area contributed by atoms with Gasteiger partial charge in [0.25, 0.3) is 5.78 Å². The Kier molecular flexibility index (Phi) is 4.76. The Balaban J connectivity index is 1.27. The first kappa shape index (κ1) is 18.3. The molecule has 29 heavy (non-hydrogen) atoms. The van der Waals surface area contributed by atoms with Crippen LogP contribution in [0.2, 0.25) is 5.02 Å². The van der Waals surface area contributed by atoms with Gasteiger partial charge < -0.3 is 9.80 Å². The number of rotatable bonds is 4. The van der Waals surface area contributed by atoms with E-state index in [0.717, 1.165) is 59.3 Å². The SMILES string of the molecule is Cc1cc(N2CCN(c3nnc(Cc4ccc(Cl)cc4)s3)CC2)n2ncnc2n1. The topological polar surface area (TPSA) is 75.3 Å². The van der Waals surface area contributed by atoms with Crippen LogP contribution in [0, 0.1) is 6.92 Å². The molecule has 0 radical (unpaired) electrons. The zero-order valence-corrected chi connectivity index (χ0v) is 17.4. The largest absolute Gasteiger partial charge is 0.353 e. The van der Waals surface area contributed by atoms with Crippen molar-refractivity contribution in [2.45, 2.75) is 13.3 Å². The number of nitrogens with zero attached hydrogens (tertiary/aromatic N) is 8. The zero-order chi connectivity index (χ0) is 19.8.